The SMILES string of the molecule is CCC(NC(=O)Nc1ccncc1)c1ccc2c(c1)CCCC2. The molecule has 120 valence electrons. The van der Waals surface area contributed by atoms with Crippen LogP contribution in [-0.4, -0.2) is 11.0 Å². The molecule has 2 amide bonds. The summed E-state index contributed by atoms with van der Waals surface area (Å²) in [4.78, 5) is 16.1. The number of amides is 2. The standard InChI is InChI=1S/C19H23N3O/c1-2-18(22-19(23)21-17-9-11-20-12-10-17)16-8-7-14-5-3-4-6-15(14)13-16/h7-13,18H,2-6H2,1H3,(H2,20,21,22,23). The number of nitrogens with one attached hydrogen (secondary N) is 2. The number of carbonyl (C=O) groups is 1. The van der Waals surface area contributed by atoms with Crippen LogP contribution in [0, 0.1) is 0 Å². The van der Waals surface area contributed by atoms with Gasteiger partial charge >= 0.3 is 6.03 Å². The molecule has 0 radical (unpaired) electrons. The summed E-state index contributed by atoms with van der Waals surface area (Å²) < 4.78 is 0. The van der Waals surface area contributed by atoms with Crippen LogP contribution in [0.4, 0.5) is 10.5 Å². The number of aryl methyl sites for hydroxylation is 2. The zero-order chi connectivity index (χ0) is 16.1. The van der Waals surface area contributed by atoms with E-state index in [0.29, 0.717) is 0 Å². The van der Waals surface area contributed by atoms with E-state index in [4.69, 9.17) is 0 Å². The summed E-state index contributed by atoms with van der Waals surface area (Å²) in [5, 5.41) is 5.92. The third-order valence-corrected chi connectivity index (χ3v) is 4.43. The van der Waals surface area contributed by atoms with E-state index >= 15 is 0 Å². The lowest BCUT2D eigenvalue weighted by Gasteiger charge is -2.22. The molecule has 0 spiro atoms. The second-order valence-corrected chi connectivity index (χ2v) is 6.03. The van der Waals surface area contributed by atoms with Crippen LogP contribution in [0.2, 0.25) is 0 Å². The van der Waals surface area contributed by atoms with Crippen LogP contribution in [0.3, 0.4) is 0 Å². The predicted octanol–water partition coefficient (Wildman–Crippen LogP) is 4.23. The fourth-order valence-corrected chi connectivity index (χ4v) is 3.15. The number of hydrogen-bond donors (Lipinski definition) is 2. The van der Waals surface area contributed by atoms with Crippen molar-refractivity contribution < 1.29 is 4.79 Å². The van der Waals surface area contributed by atoms with Crippen molar-refractivity contribution in [3.63, 3.8) is 0 Å². The molecule has 2 N–H and O–H groups in total. The van der Waals surface area contributed by atoms with Crippen LogP contribution in [-0.2, 0) is 12.8 Å². The van der Waals surface area contributed by atoms with Gasteiger partial charge < -0.3 is 10.6 Å². The minimum absolute atomic E-state index is 0.0315. The monoisotopic (exact) mass is 309 g/mol. The minimum Gasteiger partial charge on any atom is -0.331 e. The minimum atomic E-state index is -0.180. The Morgan fingerprint density at radius 1 is 1.13 bits per heavy atom. The van der Waals surface area contributed by atoms with Crippen molar-refractivity contribution in [3.05, 3.63) is 59.4 Å². The molecule has 1 unspecified atom stereocenters. The molecule has 4 nitrogen and oxygen atoms in total. The third-order valence-electron chi connectivity index (χ3n) is 4.43. The van der Waals surface area contributed by atoms with Gasteiger partial charge in [-0.2, -0.15) is 0 Å². The smallest absolute Gasteiger partial charge is 0.319 e. The number of nitrogens with zero attached hydrogens (tertiary/aromatic N) is 1. The Labute approximate surface area is 137 Å². The van der Waals surface area contributed by atoms with Crippen LogP contribution < -0.4 is 10.6 Å². The number of aromatic nitrogens is 1. The number of fused-ring (bicyclic) bond motifs is 1. The quantitative estimate of drug-likeness (QED) is 0.888. The summed E-state index contributed by atoms with van der Waals surface area (Å²) in [6, 6.07) is 10.1. The first-order valence-corrected chi connectivity index (χ1v) is 8.35. The summed E-state index contributed by atoms with van der Waals surface area (Å²) in [6.45, 7) is 2.09. The zero-order valence-corrected chi connectivity index (χ0v) is 13.5. The molecule has 1 aromatic heterocycles. The molecule has 0 aliphatic heterocycles. The highest BCUT2D eigenvalue weighted by Crippen LogP contribution is 2.26. The Hall–Kier alpha value is -2.36. The summed E-state index contributed by atoms with van der Waals surface area (Å²) in [5.41, 5.74) is 4.86. The van der Waals surface area contributed by atoms with Crippen molar-refractivity contribution in [1.82, 2.24) is 10.3 Å². The van der Waals surface area contributed by atoms with Crippen LogP contribution in [0.1, 0.15) is 48.9 Å². The molecular weight excluding hydrogens is 286 g/mol. The lowest BCUT2D eigenvalue weighted by atomic mass is 9.89. The number of anilines is 1. The largest absolute Gasteiger partial charge is 0.331 e. The molecule has 0 fully saturated rings. The highest BCUT2D eigenvalue weighted by molar-refractivity contribution is 5.89. The number of benzene rings is 1. The normalized spacial score (nSPS) is 14.7. The van der Waals surface area contributed by atoms with E-state index in [9.17, 15) is 4.79 Å². The van der Waals surface area contributed by atoms with Gasteiger partial charge in [0.05, 0.1) is 6.04 Å². The van der Waals surface area contributed by atoms with Crippen molar-refractivity contribution in [2.45, 2.75) is 45.1 Å². The Morgan fingerprint density at radius 3 is 2.61 bits per heavy atom. The molecule has 1 atom stereocenters. The van der Waals surface area contributed by atoms with Gasteiger partial charge in [-0.3, -0.25) is 4.98 Å². The van der Waals surface area contributed by atoms with Gasteiger partial charge in [0.25, 0.3) is 0 Å². The summed E-state index contributed by atoms with van der Waals surface area (Å²) in [6.07, 6.45) is 9.08. The fourth-order valence-electron chi connectivity index (χ4n) is 3.15. The maximum atomic E-state index is 12.2. The summed E-state index contributed by atoms with van der Waals surface area (Å²) in [7, 11) is 0. The number of rotatable bonds is 4. The van der Waals surface area contributed by atoms with Gasteiger partial charge in [-0.1, -0.05) is 25.1 Å². The zero-order valence-electron chi connectivity index (χ0n) is 13.5. The first-order valence-electron chi connectivity index (χ1n) is 8.35. The molecular formula is C19H23N3O. The lowest BCUT2D eigenvalue weighted by Crippen LogP contribution is -2.32. The van der Waals surface area contributed by atoms with Crippen molar-refractivity contribution in [2.75, 3.05) is 5.32 Å². The third kappa shape index (κ3) is 3.89. The molecule has 23 heavy (non-hydrogen) atoms. The van der Waals surface area contributed by atoms with Crippen LogP contribution in [0.15, 0.2) is 42.7 Å². The molecule has 3 rings (SSSR count). The van der Waals surface area contributed by atoms with Gasteiger partial charge in [-0.25, -0.2) is 4.79 Å². The van der Waals surface area contributed by atoms with Crippen molar-refractivity contribution in [3.8, 4) is 0 Å². The predicted molar refractivity (Wildman–Crippen MR) is 92.5 cm³/mol. The average Bonchev–Trinajstić information content (AvgIpc) is 2.60. The molecule has 0 bridgehead atoms. The Kier molecular flexibility index (Phi) is 4.91. The van der Waals surface area contributed by atoms with Crippen molar-refractivity contribution in [2.24, 2.45) is 0 Å². The molecule has 1 heterocycles. The Bertz CT molecular complexity index is 670. The number of urea groups is 1. The fraction of sp³-hybridized carbons (Fsp3) is 0.368. The van der Waals surface area contributed by atoms with E-state index in [1.165, 1.54) is 36.0 Å². The molecule has 1 aliphatic carbocycles. The highest BCUT2D eigenvalue weighted by Gasteiger charge is 2.16. The Morgan fingerprint density at radius 2 is 1.87 bits per heavy atom. The topological polar surface area (TPSA) is 54.0 Å². The van der Waals surface area contributed by atoms with Gasteiger partial charge in [-0.05, 0) is 60.9 Å². The van der Waals surface area contributed by atoms with E-state index in [-0.39, 0.29) is 12.1 Å². The van der Waals surface area contributed by atoms with E-state index < -0.39 is 0 Å². The molecule has 1 aromatic carbocycles. The van der Waals surface area contributed by atoms with Crippen molar-refractivity contribution >= 4 is 11.7 Å². The second kappa shape index (κ2) is 7.27. The first-order chi connectivity index (χ1) is 11.3. The van der Waals surface area contributed by atoms with Crippen LogP contribution >= 0.6 is 0 Å². The number of pyridine rings is 1. The van der Waals surface area contributed by atoms with Gasteiger partial charge in [0, 0.05) is 18.1 Å². The second-order valence-electron chi connectivity index (χ2n) is 6.03. The van der Waals surface area contributed by atoms with E-state index in [2.05, 4.69) is 40.7 Å². The maximum Gasteiger partial charge on any atom is 0.319 e. The van der Waals surface area contributed by atoms with E-state index in [1.54, 1.807) is 24.5 Å². The van der Waals surface area contributed by atoms with E-state index in [0.717, 1.165) is 18.5 Å². The molecule has 1 aliphatic rings. The van der Waals surface area contributed by atoms with Gasteiger partial charge in [0.1, 0.15) is 0 Å². The van der Waals surface area contributed by atoms with Gasteiger partial charge in [0.2, 0.25) is 0 Å². The number of hydrogen-bond acceptors (Lipinski definition) is 2. The van der Waals surface area contributed by atoms with Gasteiger partial charge in [-0.15, -0.1) is 0 Å². The summed E-state index contributed by atoms with van der Waals surface area (Å²) >= 11 is 0. The maximum absolute atomic E-state index is 12.2. The molecule has 2 aromatic rings. The highest BCUT2D eigenvalue weighted by atomic mass is 16.2. The molecule has 0 saturated heterocycles. The average molecular weight is 309 g/mol. The first kappa shape index (κ1) is 15.5. The Balaban J connectivity index is 1.68. The van der Waals surface area contributed by atoms with Crippen LogP contribution in [0.25, 0.3) is 0 Å². The number of carbonyl (C=O) groups excluding carboxylic acids is 1. The van der Waals surface area contributed by atoms with E-state index in [1.807, 2.05) is 0 Å². The summed E-state index contributed by atoms with van der Waals surface area (Å²) in [5.74, 6) is 0. The van der Waals surface area contributed by atoms with Crippen molar-refractivity contribution in [1.29, 1.82) is 0 Å². The van der Waals surface area contributed by atoms with Crippen LogP contribution in [0.5, 0.6) is 0 Å². The molecule has 0 saturated carbocycles. The molecule has 4 heteroatoms. The lowest BCUT2D eigenvalue weighted by molar-refractivity contribution is 0.248. The van der Waals surface area contributed by atoms with Gasteiger partial charge in [0.15, 0.2) is 0 Å².